The number of nitrogens with one attached hydrogen (secondary N) is 1. The highest BCUT2D eigenvalue weighted by Gasteiger charge is 2.13. The number of carbonyl (C=O) groups excluding carboxylic acids is 1. The number of hydrogen-bond acceptors (Lipinski definition) is 4. The number of para-hydroxylation sites is 1. The third kappa shape index (κ3) is 5.61. The van der Waals surface area contributed by atoms with Crippen molar-refractivity contribution in [3.63, 3.8) is 0 Å². The van der Waals surface area contributed by atoms with Crippen LogP contribution < -0.4 is 10.9 Å². The zero-order valence-corrected chi connectivity index (χ0v) is 18.1. The highest BCUT2D eigenvalue weighted by molar-refractivity contribution is 7.99. The minimum absolute atomic E-state index is 0.0738. The van der Waals surface area contributed by atoms with Gasteiger partial charge >= 0.3 is 0 Å². The fraction of sp³-hybridized carbons (Fsp3) is 0.318. The molecule has 0 unspecified atom stereocenters. The second-order valence-electron chi connectivity index (χ2n) is 7.06. The molecule has 0 aliphatic carbocycles. The predicted octanol–water partition coefficient (Wildman–Crippen LogP) is 4.83. The number of carbonyl (C=O) groups is 1. The third-order valence-corrected chi connectivity index (χ3v) is 5.55. The monoisotopic (exact) mass is 429 g/mol. The molecule has 3 aromatic rings. The van der Waals surface area contributed by atoms with Gasteiger partial charge in [-0.25, -0.2) is 4.98 Å². The maximum atomic E-state index is 13.2. The van der Waals surface area contributed by atoms with Crippen LogP contribution >= 0.6 is 23.4 Å². The van der Waals surface area contributed by atoms with Crippen LogP contribution in [0.5, 0.6) is 0 Å². The van der Waals surface area contributed by atoms with Gasteiger partial charge in [-0.1, -0.05) is 41.6 Å². The molecule has 0 fully saturated rings. The van der Waals surface area contributed by atoms with E-state index in [1.54, 1.807) is 22.8 Å². The Balaban J connectivity index is 1.80. The van der Waals surface area contributed by atoms with Crippen molar-refractivity contribution in [1.82, 2.24) is 14.9 Å². The van der Waals surface area contributed by atoms with Gasteiger partial charge < -0.3 is 5.32 Å². The summed E-state index contributed by atoms with van der Waals surface area (Å²) in [5, 5.41) is 4.66. The van der Waals surface area contributed by atoms with E-state index in [0.29, 0.717) is 33.2 Å². The molecule has 1 aromatic heterocycles. The molecule has 0 bridgehead atoms. The topological polar surface area (TPSA) is 64.0 Å². The summed E-state index contributed by atoms with van der Waals surface area (Å²) in [6.07, 6.45) is 2.15. The summed E-state index contributed by atoms with van der Waals surface area (Å²) in [5.41, 5.74) is 1.26. The van der Waals surface area contributed by atoms with E-state index in [1.165, 1.54) is 11.8 Å². The molecule has 0 radical (unpaired) electrons. The van der Waals surface area contributed by atoms with Crippen molar-refractivity contribution in [2.45, 2.75) is 44.3 Å². The van der Waals surface area contributed by atoms with E-state index in [-0.39, 0.29) is 17.5 Å². The van der Waals surface area contributed by atoms with Crippen LogP contribution in [0.4, 0.5) is 0 Å². The smallest absolute Gasteiger partial charge is 0.266 e. The predicted molar refractivity (Wildman–Crippen MR) is 120 cm³/mol. The molecule has 1 amide bonds. The van der Waals surface area contributed by atoms with Crippen LogP contribution in [-0.4, -0.2) is 27.3 Å². The van der Waals surface area contributed by atoms with Crippen molar-refractivity contribution in [1.29, 1.82) is 0 Å². The van der Waals surface area contributed by atoms with E-state index in [2.05, 4.69) is 5.32 Å². The van der Waals surface area contributed by atoms with Gasteiger partial charge in [-0.15, -0.1) is 0 Å². The van der Waals surface area contributed by atoms with Crippen LogP contribution in [0.25, 0.3) is 16.6 Å². The van der Waals surface area contributed by atoms with Crippen LogP contribution in [0.15, 0.2) is 58.5 Å². The van der Waals surface area contributed by atoms with Gasteiger partial charge in [-0.2, -0.15) is 0 Å². The standard InChI is InChI=1S/C22H24ClN3O2S/c1-15(2)24-20(27)12-5-6-13-29-22-25-19-11-4-3-10-18(19)21(28)26(22)17-9-7-8-16(23)14-17/h3-4,7-11,14-15H,5-6,12-13H2,1-2H3,(H,24,27). The van der Waals surface area contributed by atoms with Crippen LogP contribution in [0.1, 0.15) is 33.1 Å². The van der Waals surface area contributed by atoms with Gasteiger partial charge in [0, 0.05) is 23.2 Å². The zero-order chi connectivity index (χ0) is 20.8. The lowest BCUT2D eigenvalue weighted by Gasteiger charge is -2.13. The van der Waals surface area contributed by atoms with Crippen LogP contribution in [0, 0.1) is 0 Å². The first-order valence-electron chi connectivity index (χ1n) is 9.65. The molecule has 152 valence electrons. The number of benzene rings is 2. The highest BCUT2D eigenvalue weighted by atomic mass is 35.5. The Hall–Kier alpha value is -2.31. The maximum Gasteiger partial charge on any atom is 0.266 e. The van der Waals surface area contributed by atoms with Crippen molar-refractivity contribution in [3.05, 3.63) is 63.9 Å². The molecule has 3 rings (SSSR count). The molecule has 2 aromatic carbocycles. The Labute approximate surface area is 179 Å². The number of unbranched alkanes of at least 4 members (excludes halogenated alkanes) is 1. The van der Waals surface area contributed by atoms with Gasteiger partial charge in [0.15, 0.2) is 5.16 Å². The number of amides is 1. The lowest BCUT2D eigenvalue weighted by Crippen LogP contribution is -2.29. The highest BCUT2D eigenvalue weighted by Crippen LogP contribution is 2.23. The molecular weight excluding hydrogens is 406 g/mol. The summed E-state index contributed by atoms with van der Waals surface area (Å²) < 4.78 is 1.62. The summed E-state index contributed by atoms with van der Waals surface area (Å²) in [7, 11) is 0. The quantitative estimate of drug-likeness (QED) is 0.316. The second-order valence-corrected chi connectivity index (χ2v) is 8.56. The van der Waals surface area contributed by atoms with Crippen molar-refractivity contribution in [2.24, 2.45) is 0 Å². The molecule has 0 aliphatic heterocycles. The van der Waals surface area contributed by atoms with Gasteiger partial charge in [0.05, 0.1) is 16.6 Å². The molecule has 0 spiro atoms. The summed E-state index contributed by atoms with van der Waals surface area (Å²) in [4.78, 5) is 29.6. The molecule has 0 aliphatic rings. The number of thioether (sulfide) groups is 1. The first-order valence-corrected chi connectivity index (χ1v) is 11.0. The van der Waals surface area contributed by atoms with E-state index < -0.39 is 0 Å². The van der Waals surface area contributed by atoms with Crippen LogP contribution in [-0.2, 0) is 4.79 Å². The second kappa shape index (κ2) is 9.94. The first-order chi connectivity index (χ1) is 14.0. The Morgan fingerprint density at radius 1 is 1.17 bits per heavy atom. The molecule has 0 saturated carbocycles. The third-order valence-electron chi connectivity index (χ3n) is 4.29. The average Bonchev–Trinajstić information content (AvgIpc) is 2.67. The minimum atomic E-state index is -0.114. The number of rotatable bonds is 8. The normalized spacial score (nSPS) is 11.2. The SMILES string of the molecule is CC(C)NC(=O)CCCCSc1nc2ccccc2c(=O)n1-c1cccc(Cl)c1. The molecule has 0 atom stereocenters. The maximum absolute atomic E-state index is 13.2. The number of nitrogens with zero attached hydrogens (tertiary/aromatic N) is 2. The van der Waals surface area contributed by atoms with Gasteiger partial charge in [-0.3, -0.25) is 14.2 Å². The Kier molecular flexibility index (Phi) is 7.34. The molecule has 1 heterocycles. The van der Waals surface area contributed by atoms with Gasteiger partial charge in [0.25, 0.3) is 5.56 Å². The fourth-order valence-electron chi connectivity index (χ4n) is 3.00. The fourth-order valence-corrected chi connectivity index (χ4v) is 4.19. The molecule has 7 heteroatoms. The van der Waals surface area contributed by atoms with Gasteiger partial charge in [0.2, 0.25) is 5.91 Å². The number of hydrogen-bond donors (Lipinski definition) is 1. The first kappa shape index (κ1) is 21.4. The van der Waals surface area contributed by atoms with Crippen molar-refractivity contribution < 1.29 is 4.79 Å². The van der Waals surface area contributed by atoms with Crippen molar-refractivity contribution >= 4 is 40.2 Å². The minimum Gasteiger partial charge on any atom is -0.354 e. The van der Waals surface area contributed by atoms with Crippen molar-refractivity contribution in [3.8, 4) is 5.69 Å². The lowest BCUT2D eigenvalue weighted by atomic mass is 10.2. The lowest BCUT2D eigenvalue weighted by molar-refractivity contribution is -0.121. The largest absolute Gasteiger partial charge is 0.354 e. The van der Waals surface area contributed by atoms with E-state index in [1.807, 2.05) is 44.2 Å². The molecular formula is C22H24ClN3O2S. The van der Waals surface area contributed by atoms with Gasteiger partial charge in [0.1, 0.15) is 0 Å². The molecule has 1 N–H and O–H groups in total. The summed E-state index contributed by atoms with van der Waals surface area (Å²) >= 11 is 7.67. The average molecular weight is 430 g/mol. The van der Waals surface area contributed by atoms with Crippen LogP contribution in [0.3, 0.4) is 0 Å². The van der Waals surface area contributed by atoms with Crippen LogP contribution in [0.2, 0.25) is 5.02 Å². The summed E-state index contributed by atoms with van der Waals surface area (Å²) in [6, 6.07) is 14.7. The number of fused-ring (bicyclic) bond motifs is 1. The van der Waals surface area contributed by atoms with Gasteiger partial charge in [-0.05, 0) is 57.0 Å². The Morgan fingerprint density at radius 3 is 2.72 bits per heavy atom. The number of aromatic nitrogens is 2. The zero-order valence-electron chi connectivity index (χ0n) is 16.5. The van der Waals surface area contributed by atoms with E-state index >= 15 is 0 Å². The molecule has 5 nitrogen and oxygen atoms in total. The van der Waals surface area contributed by atoms with E-state index in [0.717, 1.165) is 18.6 Å². The van der Waals surface area contributed by atoms with E-state index in [9.17, 15) is 9.59 Å². The summed E-state index contributed by atoms with van der Waals surface area (Å²) in [6.45, 7) is 3.91. The Bertz CT molecular complexity index is 1070. The van der Waals surface area contributed by atoms with Crippen molar-refractivity contribution in [2.75, 3.05) is 5.75 Å². The van der Waals surface area contributed by atoms with E-state index in [4.69, 9.17) is 16.6 Å². The Morgan fingerprint density at radius 2 is 1.97 bits per heavy atom. The molecule has 0 saturated heterocycles. The molecule has 29 heavy (non-hydrogen) atoms. The number of halogens is 1. The summed E-state index contributed by atoms with van der Waals surface area (Å²) in [5.74, 6) is 0.838.